The van der Waals surface area contributed by atoms with Crippen LogP contribution in [0.3, 0.4) is 0 Å². The molecule has 0 heterocycles. The lowest BCUT2D eigenvalue weighted by Crippen LogP contribution is -2.46. The van der Waals surface area contributed by atoms with E-state index in [9.17, 15) is 4.79 Å². The molecule has 0 radical (unpaired) electrons. The van der Waals surface area contributed by atoms with Crippen LogP contribution >= 0.6 is 0 Å². The Balaban J connectivity index is 2.73. The molecule has 100 valence electrons. The number of carboxylic acid groups (broad SMARTS) is 1. The van der Waals surface area contributed by atoms with E-state index < -0.39 is 11.5 Å². The Labute approximate surface area is 109 Å². The van der Waals surface area contributed by atoms with Gasteiger partial charge in [-0.15, -0.1) is 0 Å². The van der Waals surface area contributed by atoms with Gasteiger partial charge < -0.3 is 10.8 Å². The molecule has 2 unspecified atom stereocenters. The molecular formula is C15H23NO2. The van der Waals surface area contributed by atoms with Crippen molar-refractivity contribution in [3.8, 4) is 0 Å². The van der Waals surface area contributed by atoms with Crippen molar-refractivity contribution in [1.29, 1.82) is 0 Å². The molecule has 0 fully saturated rings. The van der Waals surface area contributed by atoms with Crippen molar-refractivity contribution in [2.24, 2.45) is 11.7 Å². The fourth-order valence-corrected chi connectivity index (χ4v) is 2.28. The van der Waals surface area contributed by atoms with Gasteiger partial charge in [0, 0.05) is 0 Å². The molecule has 0 aliphatic heterocycles. The fraction of sp³-hybridized carbons (Fsp3) is 0.533. The second-order valence-corrected chi connectivity index (χ2v) is 5.67. The molecule has 0 aliphatic rings. The predicted molar refractivity (Wildman–Crippen MR) is 73.6 cm³/mol. The summed E-state index contributed by atoms with van der Waals surface area (Å²) in [5.74, 6) is -0.688. The molecule has 0 saturated carbocycles. The van der Waals surface area contributed by atoms with Crippen LogP contribution in [0.5, 0.6) is 0 Å². The molecule has 0 amide bonds. The van der Waals surface area contributed by atoms with Crippen LogP contribution in [0.25, 0.3) is 0 Å². The summed E-state index contributed by atoms with van der Waals surface area (Å²) in [6.45, 7) is 7.78. The second kappa shape index (κ2) is 5.53. The van der Waals surface area contributed by atoms with E-state index in [1.165, 1.54) is 16.7 Å². The Morgan fingerprint density at radius 3 is 2.61 bits per heavy atom. The first-order valence-corrected chi connectivity index (χ1v) is 6.31. The molecule has 3 heteroatoms. The summed E-state index contributed by atoms with van der Waals surface area (Å²) in [5.41, 5.74) is 8.41. The van der Waals surface area contributed by atoms with Crippen LogP contribution in [0, 0.1) is 19.8 Å². The summed E-state index contributed by atoms with van der Waals surface area (Å²) in [6.07, 6.45) is 1.35. The van der Waals surface area contributed by atoms with Crippen molar-refractivity contribution < 1.29 is 9.90 Å². The molecular weight excluding hydrogens is 226 g/mol. The minimum atomic E-state index is -1.14. The maximum atomic E-state index is 11.0. The summed E-state index contributed by atoms with van der Waals surface area (Å²) in [5, 5.41) is 9.03. The Kier molecular flexibility index (Phi) is 4.52. The van der Waals surface area contributed by atoms with E-state index in [1.807, 2.05) is 0 Å². The third-order valence-corrected chi connectivity index (χ3v) is 3.33. The number of benzene rings is 1. The quantitative estimate of drug-likeness (QED) is 0.843. The maximum absolute atomic E-state index is 11.0. The van der Waals surface area contributed by atoms with Crippen LogP contribution in [-0.2, 0) is 11.2 Å². The van der Waals surface area contributed by atoms with E-state index in [0.29, 0.717) is 6.42 Å². The third kappa shape index (κ3) is 3.84. The normalized spacial score (nSPS) is 16.1. The average molecular weight is 249 g/mol. The molecule has 1 aromatic rings. The molecule has 3 nitrogen and oxygen atoms in total. The highest BCUT2D eigenvalue weighted by Gasteiger charge is 2.29. The summed E-state index contributed by atoms with van der Waals surface area (Å²) in [6, 6.07) is 6.37. The molecule has 0 aromatic heterocycles. The zero-order chi connectivity index (χ0) is 13.9. The zero-order valence-corrected chi connectivity index (χ0v) is 11.7. The number of carboxylic acids is 1. The Hall–Kier alpha value is -1.35. The molecule has 0 aliphatic carbocycles. The van der Waals surface area contributed by atoms with Crippen molar-refractivity contribution in [2.45, 2.75) is 46.1 Å². The van der Waals surface area contributed by atoms with Gasteiger partial charge in [0.2, 0.25) is 0 Å². The summed E-state index contributed by atoms with van der Waals surface area (Å²) >= 11 is 0. The number of hydrogen-bond donors (Lipinski definition) is 2. The van der Waals surface area contributed by atoms with Gasteiger partial charge in [-0.05, 0) is 50.7 Å². The van der Waals surface area contributed by atoms with Crippen LogP contribution in [-0.4, -0.2) is 16.6 Å². The van der Waals surface area contributed by atoms with Crippen LogP contribution in [0.1, 0.15) is 37.0 Å². The number of rotatable bonds is 5. The smallest absolute Gasteiger partial charge is 0.323 e. The highest BCUT2D eigenvalue weighted by Crippen LogP contribution is 2.21. The Morgan fingerprint density at radius 1 is 1.44 bits per heavy atom. The summed E-state index contributed by atoms with van der Waals surface area (Å²) in [4.78, 5) is 11.0. The second-order valence-electron chi connectivity index (χ2n) is 5.67. The molecule has 3 N–H and O–H groups in total. The average Bonchev–Trinajstić information content (AvgIpc) is 2.22. The lowest BCUT2D eigenvalue weighted by atomic mass is 9.86. The molecule has 0 saturated heterocycles. The van der Waals surface area contributed by atoms with Gasteiger partial charge in [0.1, 0.15) is 5.54 Å². The fourth-order valence-electron chi connectivity index (χ4n) is 2.28. The zero-order valence-electron chi connectivity index (χ0n) is 11.7. The molecule has 1 aromatic carbocycles. The topological polar surface area (TPSA) is 63.3 Å². The standard InChI is InChI=1S/C15H23NO2/c1-10-5-6-12(3)13(7-10)8-11(2)9-15(4,16)14(17)18/h5-7,11H,8-9,16H2,1-4H3,(H,17,18). The largest absolute Gasteiger partial charge is 0.480 e. The molecule has 1 rings (SSSR count). The van der Waals surface area contributed by atoms with Crippen LogP contribution < -0.4 is 5.73 Å². The van der Waals surface area contributed by atoms with Gasteiger partial charge in [-0.2, -0.15) is 0 Å². The molecule has 0 spiro atoms. The SMILES string of the molecule is Cc1ccc(C)c(CC(C)CC(C)(N)C(=O)O)c1. The summed E-state index contributed by atoms with van der Waals surface area (Å²) in [7, 11) is 0. The van der Waals surface area contributed by atoms with Crippen molar-refractivity contribution >= 4 is 5.97 Å². The van der Waals surface area contributed by atoms with Gasteiger partial charge in [0.15, 0.2) is 0 Å². The minimum absolute atomic E-state index is 0.247. The first-order valence-electron chi connectivity index (χ1n) is 6.31. The van der Waals surface area contributed by atoms with Gasteiger partial charge in [0.25, 0.3) is 0 Å². The van der Waals surface area contributed by atoms with E-state index in [4.69, 9.17) is 10.8 Å². The first kappa shape index (κ1) is 14.7. The van der Waals surface area contributed by atoms with Gasteiger partial charge in [-0.25, -0.2) is 0 Å². The Bertz CT molecular complexity index is 438. The number of nitrogens with two attached hydrogens (primary N) is 1. The predicted octanol–water partition coefficient (Wildman–Crippen LogP) is 2.67. The maximum Gasteiger partial charge on any atom is 0.323 e. The van der Waals surface area contributed by atoms with Gasteiger partial charge in [0.05, 0.1) is 0 Å². The monoisotopic (exact) mass is 249 g/mol. The number of aliphatic carboxylic acids is 1. The number of aryl methyl sites for hydroxylation is 2. The van der Waals surface area contributed by atoms with Crippen LogP contribution in [0.15, 0.2) is 18.2 Å². The highest BCUT2D eigenvalue weighted by molar-refractivity contribution is 5.77. The van der Waals surface area contributed by atoms with Crippen LogP contribution in [0.2, 0.25) is 0 Å². The van der Waals surface area contributed by atoms with Gasteiger partial charge in [-0.1, -0.05) is 30.7 Å². The van der Waals surface area contributed by atoms with Crippen LogP contribution in [0.4, 0.5) is 0 Å². The highest BCUT2D eigenvalue weighted by atomic mass is 16.4. The molecule has 18 heavy (non-hydrogen) atoms. The minimum Gasteiger partial charge on any atom is -0.480 e. The van der Waals surface area contributed by atoms with Crippen molar-refractivity contribution in [3.63, 3.8) is 0 Å². The summed E-state index contributed by atoms with van der Waals surface area (Å²) < 4.78 is 0. The van der Waals surface area contributed by atoms with Crippen molar-refractivity contribution in [2.75, 3.05) is 0 Å². The van der Waals surface area contributed by atoms with E-state index in [-0.39, 0.29) is 5.92 Å². The van der Waals surface area contributed by atoms with Gasteiger partial charge >= 0.3 is 5.97 Å². The van der Waals surface area contributed by atoms with E-state index >= 15 is 0 Å². The van der Waals surface area contributed by atoms with Crippen molar-refractivity contribution in [3.05, 3.63) is 34.9 Å². The van der Waals surface area contributed by atoms with Gasteiger partial charge in [-0.3, -0.25) is 4.79 Å². The van der Waals surface area contributed by atoms with Crippen molar-refractivity contribution in [1.82, 2.24) is 0 Å². The van der Waals surface area contributed by atoms with E-state index in [0.717, 1.165) is 6.42 Å². The molecule has 2 atom stereocenters. The number of hydrogen-bond acceptors (Lipinski definition) is 2. The number of carbonyl (C=O) groups is 1. The Morgan fingerprint density at radius 2 is 2.06 bits per heavy atom. The lowest BCUT2D eigenvalue weighted by Gasteiger charge is -2.24. The molecule has 0 bridgehead atoms. The van der Waals surface area contributed by atoms with E-state index in [2.05, 4.69) is 39.0 Å². The third-order valence-electron chi connectivity index (χ3n) is 3.33. The lowest BCUT2D eigenvalue weighted by molar-refractivity contribution is -0.143. The first-order chi connectivity index (χ1) is 8.22. The van der Waals surface area contributed by atoms with E-state index in [1.54, 1.807) is 6.92 Å².